The smallest absolute Gasteiger partial charge is 0.133 e. The van der Waals surface area contributed by atoms with Crippen molar-refractivity contribution in [2.75, 3.05) is 13.7 Å². The maximum absolute atomic E-state index is 5.67. The predicted octanol–water partition coefficient (Wildman–Crippen LogP) is 3.82. The van der Waals surface area contributed by atoms with Gasteiger partial charge in [-0.25, -0.2) is 0 Å². The van der Waals surface area contributed by atoms with Gasteiger partial charge in [0.15, 0.2) is 0 Å². The van der Waals surface area contributed by atoms with E-state index < -0.39 is 0 Å². The maximum atomic E-state index is 5.67. The number of hydrogen-bond donors (Lipinski definition) is 0. The first-order chi connectivity index (χ1) is 11.2. The third kappa shape index (κ3) is 2.76. The van der Waals surface area contributed by atoms with E-state index in [1.54, 1.807) is 7.11 Å². The number of rotatable bonds is 4. The number of hydrogen-bond acceptors (Lipinski definition) is 4. The Bertz CT molecular complexity index is 707. The van der Waals surface area contributed by atoms with Crippen molar-refractivity contribution in [1.29, 1.82) is 0 Å². The van der Waals surface area contributed by atoms with Crippen LogP contribution in [0.25, 0.3) is 0 Å². The van der Waals surface area contributed by atoms with E-state index in [0.717, 1.165) is 36.7 Å². The van der Waals surface area contributed by atoms with E-state index in [0.29, 0.717) is 6.04 Å². The van der Waals surface area contributed by atoms with E-state index in [-0.39, 0.29) is 0 Å². The van der Waals surface area contributed by atoms with Gasteiger partial charge < -0.3 is 9.26 Å². The number of aromatic nitrogens is 1. The fraction of sp³-hybridized carbons (Fsp3) is 0.526. The Hall–Kier alpha value is -1.81. The van der Waals surface area contributed by atoms with Crippen LogP contribution in [-0.4, -0.2) is 23.7 Å². The summed E-state index contributed by atoms with van der Waals surface area (Å²) in [5, 5.41) is 4.24. The molecule has 0 saturated carbocycles. The second kappa shape index (κ2) is 6.00. The van der Waals surface area contributed by atoms with Gasteiger partial charge in [-0.15, -0.1) is 0 Å². The van der Waals surface area contributed by atoms with Gasteiger partial charge in [0.05, 0.1) is 13.2 Å². The van der Waals surface area contributed by atoms with Gasteiger partial charge in [-0.05, 0) is 62.8 Å². The Morgan fingerprint density at radius 2 is 2.04 bits per heavy atom. The molecule has 1 fully saturated rings. The van der Waals surface area contributed by atoms with Gasteiger partial charge in [-0.2, -0.15) is 0 Å². The minimum Gasteiger partial charge on any atom is -0.496 e. The van der Waals surface area contributed by atoms with Gasteiger partial charge in [0, 0.05) is 18.2 Å². The summed E-state index contributed by atoms with van der Waals surface area (Å²) in [5.41, 5.74) is 5.35. The monoisotopic (exact) mass is 312 g/mol. The summed E-state index contributed by atoms with van der Waals surface area (Å²) in [7, 11) is 1.78. The molecule has 2 heterocycles. The molecule has 122 valence electrons. The Morgan fingerprint density at radius 3 is 2.78 bits per heavy atom. The summed E-state index contributed by atoms with van der Waals surface area (Å²) >= 11 is 0. The third-order valence-corrected chi connectivity index (χ3v) is 5.22. The molecule has 4 nitrogen and oxygen atoms in total. The molecule has 1 aromatic heterocycles. The van der Waals surface area contributed by atoms with E-state index in [2.05, 4.69) is 28.3 Å². The molecule has 0 bridgehead atoms. The van der Waals surface area contributed by atoms with Crippen LogP contribution < -0.4 is 4.74 Å². The van der Waals surface area contributed by atoms with Gasteiger partial charge in [0.1, 0.15) is 17.2 Å². The summed E-state index contributed by atoms with van der Waals surface area (Å²) in [6.07, 6.45) is 6.03. The summed E-state index contributed by atoms with van der Waals surface area (Å²) in [6.45, 7) is 3.99. The van der Waals surface area contributed by atoms with Crippen molar-refractivity contribution in [2.45, 2.75) is 51.6 Å². The Balaban J connectivity index is 1.59. The third-order valence-electron chi connectivity index (χ3n) is 5.22. The summed E-state index contributed by atoms with van der Waals surface area (Å²) in [6, 6.07) is 7.06. The van der Waals surface area contributed by atoms with Crippen molar-refractivity contribution < 1.29 is 9.26 Å². The molecule has 2 aromatic rings. The zero-order valence-corrected chi connectivity index (χ0v) is 14.0. The fourth-order valence-electron chi connectivity index (χ4n) is 4.08. The minimum atomic E-state index is 0.366. The molecule has 4 heteroatoms. The standard InChI is InChI=1S/C19H24N2O2/c1-13-9-17(20-23-13)18-7-4-8-21(18)12-16-10-14-5-3-6-15(14)11-19(16)22-2/h9-11,18H,3-8,12H2,1-2H3. The molecule has 0 amide bonds. The topological polar surface area (TPSA) is 38.5 Å². The highest BCUT2D eigenvalue weighted by Gasteiger charge is 2.29. The van der Waals surface area contributed by atoms with Crippen LogP contribution in [-0.2, 0) is 19.4 Å². The van der Waals surface area contributed by atoms with Gasteiger partial charge in [0.2, 0.25) is 0 Å². The molecule has 0 N–H and O–H groups in total. The van der Waals surface area contributed by atoms with Crippen molar-refractivity contribution in [1.82, 2.24) is 10.1 Å². The lowest BCUT2D eigenvalue weighted by Crippen LogP contribution is -2.23. The van der Waals surface area contributed by atoms with Crippen LogP contribution in [0.1, 0.15) is 53.4 Å². The van der Waals surface area contributed by atoms with Gasteiger partial charge in [0.25, 0.3) is 0 Å². The second-order valence-corrected chi connectivity index (χ2v) is 6.78. The van der Waals surface area contributed by atoms with E-state index in [4.69, 9.17) is 9.26 Å². The van der Waals surface area contributed by atoms with E-state index in [9.17, 15) is 0 Å². The molecular weight excluding hydrogens is 288 g/mol. The zero-order chi connectivity index (χ0) is 15.8. The molecular formula is C19H24N2O2. The van der Waals surface area contributed by atoms with E-state index >= 15 is 0 Å². The average molecular weight is 312 g/mol. The maximum Gasteiger partial charge on any atom is 0.133 e. The molecule has 1 aromatic carbocycles. The first-order valence-corrected chi connectivity index (χ1v) is 8.60. The molecule has 2 aliphatic rings. The first-order valence-electron chi connectivity index (χ1n) is 8.60. The van der Waals surface area contributed by atoms with E-state index in [1.807, 2.05) is 6.92 Å². The largest absolute Gasteiger partial charge is 0.496 e. The fourth-order valence-corrected chi connectivity index (χ4v) is 4.08. The van der Waals surface area contributed by atoms with Crippen molar-refractivity contribution in [2.24, 2.45) is 0 Å². The molecule has 0 spiro atoms. The van der Waals surface area contributed by atoms with Crippen LogP contribution in [0.4, 0.5) is 0 Å². The quantitative estimate of drug-likeness (QED) is 0.860. The Labute approximate surface area is 137 Å². The summed E-state index contributed by atoms with van der Waals surface area (Å²) in [5.74, 6) is 1.93. The van der Waals surface area contributed by atoms with Gasteiger partial charge >= 0.3 is 0 Å². The number of ether oxygens (including phenoxy) is 1. The molecule has 1 atom stereocenters. The number of fused-ring (bicyclic) bond motifs is 1. The van der Waals surface area contributed by atoms with Crippen molar-refractivity contribution in [3.8, 4) is 5.75 Å². The number of nitrogens with zero attached hydrogens (tertiary/aromatic N) is 2. The number of likely N-dealkylation sites (tertiary alicyclic amines) is 1. The van der Waals surface area contributed by atoms with Crippen molar-refractivity contribution in [3.05, 3.63) is 46.3 Å². The molecule has 1 aliphatic carbocycles. The highest BCUT2D eigenvalue weighted by Crippen LogP contribution is 2.36. The predicted molar refractivity (Wildman–Crippen MR) is 88.6 cm³/mol. The first kappa shape index (κ1) is 14.8. The number of methoxy groups -OCH3 is 1. The molecule has 4 rings (SSSR count). The number of aryl methyl sites for hydroxylation is 3. The lowest BCUT2D eigenvalue weighted by Gasteiger charge is -2.24. The van der Waals surface area contributed by atoms with Crippen molar-refractivity contribution in [3.63, 3.8) is 0 Å². The van der Waals surface area contributed by atoms with Crippen molar-refractivity contribution >= 4 is 0 Å². The highest BCUT2D eigenvalue weighted by atomic mass is 16.5. The van der Waals surface area contributed by atoms with Crippen LogP contribution in [0.2, 0.25) is 0 Å². The van der Waals surface area contributed by atoms with Crippen LogP contribution in [0, 0.1) is 6.92 Å². The highest BCUT2D eigenvalue weighted by molar-refractivity contribution is 5.45. The summed E-state index contributed by atoms with van der Waals surface area (Å²) < 4.78 is 10.9. The SMILES string of the molecule is COc1cc2c(cc1CN1CCCC1c1cc(C)on1)CCC2. The normalized spacial score (nSPS) is 20.9. The van der Waals surface area contributed by atoms with Crippen LogP contribution in [0.3, 0.4) is 0 Å². The minimum absolute atomic E-state index is 0.366. The lowest BCUT2D eigenvalue weighted by atomic mass is 10.0. The van der Waals surface area contributed by atoms with Crippen LogP contribution in [0.5, 0.6) is 5.75 Å². The zero-order valence-electron chi connectivity index (χ0n) is 14.0. The molecule has 1 unspecified atom stereocenters. The summed E-state index contributed by atoms with van der Waals surface area (Å²) in [4.78, 5) is 2.51. The molecule has 1 saturated heterocycles. The second-order valence-electron chi connectivity index (χ2n) is 6.78. The Kier molecular flexibility index (Phi) is 3.85. The van der Waals surface area contributed by atoms with Gasteiger partial charge in [-0.3, -0.25) is 4.90 Å². The van der Waals surface area contributed by atoms with E-state index in [1.165, 1.54) is 42.4 Å². The molecule has 1 aliphatic heterocycles. The average Bonchev–Trinajstić information content (AvgIpc) is 3.26. The number of benzene rings is 1. The molecule has 23 heavy (non-hydrogen) atoms. The lowest BCUT2D eigenvalue weighted by molar-refractivity contribution is 0.233. The van der Waals surface area contributed by atoms with Gasteiger partial charge in [-0.1, -0.05) is 11.2 Å². The molecule has 0 radical (unpaired) electrons. The van der Waals surface area contributed by atoms with Crippen LogP contribution >= 0.6 is 0 Å². The van der Waals surface area contributed by atoms with Crippen LogP contribution in [0.15, 0.2) is 22.7 Å². The Morgan fingerprint density at radius 1 is 1.22 bits per heavy atom.